The quantitative estimate of drug-likeness (QED) is 0.578. The first-order valence-electron chi connectivity index (χ1n) is 9.67. The third kappa shape index (κ3) is 3.98. The molecule has 1 amide bonds. The molecule has 1 aromatic heterocycles. The molecule has 1 fully saturated rings. The van der Waals surface area contributed by atoms with Crippen molar-refractivity contribution in [3.63, 3.8) is 0 Å². The number of ether oxygens (including phenoxy) is 2. The minimum Gasteiger partial charge on any atom is -0.465 e. The monoisotopic (exact) mass is 412 g/mol. The minimum absolute atomic E-state index is 0.0625. The van der Waals surface area contributed by atoms with E-state index in [1.165, 1.54) is 14.0 Å². The molecule has 8 heteroatoms. The van der Waals surface area contributed by atoms with Gasteiger partial charge in [-0.25, -0.2) is 9.59 Å². The van der Waals surface area contributed by atoms with Crippen molar-refractivity contribution in [3.8, 4) is 0 Å². The largest absolute Gasteiger partial charge is 0.465 e. The second-order valence-corrected chi connectivity index (χ2v) is 7.22. The molecule has 2 heterocycles. The van der Waals surface area contributed by atoms with Crippen LogP contribution in [0.2, 0.25) is 0 Å². The van der Waals surface area contributed by atoms with Crippen molar-refractivity contribution in [2.75, 3.05) is 18.6 Å². The van der Waals surface area contributed by atoms with E-state index < -0.39 is 23.8 Å². The minimum atomic E-state index is -1.06. The summed E-state index contributed by atoms with van der Waals surface area (Å²) < 4.78 is 10.1. The molecule has 1 saturated heterocycles. The Kier molecular flexibility index (Phi) is 6.05. The van der Waals surface area contributed by atoms with Crippen molar-refractivity contribution < 1.29 is 28.7 Å². The number of Topliss-reactive ketones (excluding diaryl/α,β-unsaturated/α-hetero) is 1. The van der Waals surface area contributed by atoms with E-state index in [2.05, 4.69) is 4.98 Å². The van der Waals surface area contributed by atoms with Crippen LogP contribution in [0.15, 0.2) is 24.3 Å². The number of nitrogens with one attached hydrogen (secondary N) is 1. The lowest BCUT2D eigenvalue weighted by Crippen LogP contribution is -2.26. The van der Waals surface area contributed by atoms with E-state index in [1.54, 1.807) is 43.0 Å². The lowest BCUT2D eigenvalue weighted by Gasteiger charge is -2.16. The topological polar surface area (TPSA) is 106 Å². The SMILES string of the molecule is COC(=O)c1c(C)[nH]c(C(=O)C(C)OC(=O)c2ccc(N3CCCC3=O)cc2)c1C. The highest BCUT2D eigenvalue weighted by atomic mass is 16.5. The highest BCUT2D eigenvalue weighted by Gasteiger charge is 2.28. The summed E-state index contributed by atoms with van der Waals surface area (Å²) >= 11 is 0. The molecule has 1 aromatic carbocycles. The molecule has 0 radical (unpaired) electrons. The van der Waals surface area contributed by atoms with Gasteiger partial charge in [-0.15, -0.1) is 0 Å². The average Bonchev–Trinajstić information content (AvgIpc) is 3.29. The van der Waals surface area contributed by atoms with Crippen molar-refractivity contribution in [1.82, 2.24) is 4.98 Å². The first-order chi connectivity index (χ1) is 14.2. The number of ketones is 1. The first kappa shape index (κ1) is 21.3. The molecule has 0 bridgehead atoms. The predicted molar refractivity (Wildman–Crippen MR) is 109 cm³/mol. The summed E-state index contributed by atoms with van der Waals surface area (Å²) in [5.41, 5.74) is 2.47. The van der Waals surface area contributed by atoms with Gasteiger partial charge in [0.05, 0.1) is 23.9 Å². The van der Waals surface area contributed by atoms with Crippen LogP contribution in [0.1, 0.15) is 62.2 Å². The van der Waals surface area contributed by atoms with Crippen LogP contribution in [0.25, 0.3) is 0 Å². The van der Waals surface area contributed by atoms with Crippen molar-refractivity contribution in [1.29, 1.82) is 0 Å². The number of carbonyl (C=O) groups is 4. The van der Waals surface area contributed by atoms with E-state index in [9.17, 15) is 19.2 Å². The summed E-state index contributed by atoms with van der Waals surface area (Å²) in [5.74, 6) is -1.57. The fraction of sp³-hybridized carbons (Fsp3) is 0.364. The van der Waals surface area contributed by atoms with Gasteiger partial charge in [-0.2, -0.15) is 0 Å². The van der Waals surface area contributed by atoms with Gasteiger partial charge in [0.25, 0.3) is 0 Å². The van der Waals surface area contributed by atoms with Crippen LogP contribution in [0.3, 0.4) is 0 Å². The van der Waals surface area contributed by atoms with E-state index in [-0.39, 0.29) is 17.2 Å². The number of H-pyrrole nitrogens is 1. The Morgan fingerprint density at radius 2 is 1.77 bits per heavy atom. The number of benzene rings is 1. The molecule has 3 rings (SSSR count). The lowest BCUT2D eigenvalue weighted by molar-refractivity contribution is -0.117. The Bertz CT molecular complexity index is 1010. The molecule has 1 aliphatic rings. The Morgan fingerprint density at radius 1 is 1.10 bits per heavy atom. The molecule has 0 saturated carbocycles. The molecular weight excluding hydrogens is 388 g/mol. The number of amides is 1. The van der Waals surface area contributed by atoms with Gasteiger partial charge in [0, 0.05) is 24.3 Å². The summed E-state index contributed by atoms with van der Waals surface area (Å²) in [6.07, 6.45) is 0.288. The Balaban J connectivity index is 1.70. The van der Waals surface area contributed by atoms with Crippen LogP contribution < -0.4 is 4.90 Å². The number of carbonyl (C=O) groups excluding carboxylic acids is 4. The number of esters is 2. The zero-order chi connectivity index (χ0) is 22.0. The molecule has 1 aliphatic heterocycles. The average molecular weight is 412 g/mol. The number of nitrogens with zero attached hydrogens (tertiary/aromatic N) is 1. The van der Waals surface area contributed by atoms with E-state index in [1.807, 2.05) is 0 Å². The standard InChI is InChI=1S/C22H24N2O6/c1-12-18(22(28)29-4)13(2)23-19(12)20(26)14(3)30-21(27)15-7-9-16(10-8-15)24-11-5-6-17(24)25/h7-10,14,23H,5-6,11H2,1-4H3. The van der Waals surface area contributed by atoms with Gasteiger partial charge in [0.1, 0.15) is 0 Å². The van der Waals surface area contributed by atoms with Gasteiger partial charge < -0.3 is 19.4 Å². The van der Waals surface area contributed by atoms with Crippen molar-refractivity contribution in [2.24, 2.45) is 0 Å². The van der Waals surface area contributed by atoms with E-state index in [4.69, 9.17) is 9.47 Å². The van der Waals surface area contributed by atoms with Crippen molar-refractivity contribution in [3.05, 3.63) is 52.3 Å². The molecule has 30 heavy (non-hydrogen) atoms. The third-order valence-electron chi connectivity index (χ3n) is 5.21. The van der Waals surface area contributed by atoms with Crippen LogP contribution in [0.5, 0.6) is 0 Å². The summed E-state index contributed by atoms with van der Waals surface area (Å²) in [6.45, 7) is 5.44. The fourth-order valence-corrected chi connectivity index (χ4v) is 3.59. The second-order valence-electron chi connectivity index (χ2n) is 7.22. The number of methoxy groups -OCH3 is 1. The molecule has 0 aliphatic carbocycles. The highest BCUT2D eigenvalue weighted by Crippen LogP contribution is 2.23. The van der Waals surface area contributed by atoms with Crippen LogP contribution in [0.4, 0.5) is 5.69 Å². The molecule has 1 N–H and O–H groups in total. The zero-order valence-electron chi connectivity index (χ0n) is 17.4. The molecule has 1 atom stereocenters. The maximum Gasteiger partial charge on any atom is 0.339 e. The molecule has 158 valence electrons. The number of aromatic amines is 1. The fourth-order valence-electron chi connectivity index (χ4n) is 3.59. The highest BCUT2D eigenvalue weighted by molar-refractivity contribution is 6.04. The number of rotatable bonds is 6. The van der Waals surface area contributed by atoms with Gasteiger partial charge in [-0.3, -0.25) is 9.59 Å². The Hall–Kier alpha value is -3.42. The number of hydrogen-bond acceptors (Lipinski definition) is 6. The Labute approximate surface area is 174 Å². The number of aromatic nitrogens is 1. The van der Waals surface area contributed by atoms with Crippen LogP contribution >= 0.6 is 0 Å². The van der Waals surface area contributed by atoms with Gasteiger partial charge in [0.2, 0.25) is 11.7 Å². The summed E-state index contributed by atoms with van der Waals surface area (Å²) in [6, 6.07) is 6.51. The van der Waals surface area contributed by atoms with Crippen molar-refractivity contribution >= 4 is 29.3 Å². The first-order valence-corrected chi connectivity index (χ1v) is 9.67. The summed E-state index contributed by atoms with van der Waals surface area (Å²) in [4.78, 5) is 53.5. The van der Waals surface area contributed by atoms with E-state index >= 15 is 0 Å². The molecule has 2 aromatic rings. The van der Waals surface area contributed by atoms with Crippen LogP contribution in [0, 0.1) is 13.8 Å². The van der Waals surface area contributed by atoms with Gasteiger partial charge >= 0.3 is 11.9 Å². The second kappa shape index (κ2) is 8.52. The smallest absolute Gasteiger partial charge is 0.339 e. The third-order valence-corrected chi connectivity index (χ3v) is 5.21. The van der Waals surface area contributed by atoms with Gasteiger partial charge in [-0.1, -0.05) is 0 Å². The Morgan fingerprint density at radius 3 is 2.33 bits per heavy atom. The number of anilines is 1. The molecule has 0 spiro atoms. The molecular formula is C22H24N2O6. The number of aryl methyl sites for hydroxylation is 1. The molecule has 8 nitrogen and oxygen atoms in total. The van der Waals surface area contributed by atoms with E-state index in [0.29, 0.717) is 29.8 Å². The number of hydrogen-bond donors (Lipinski definition) is 1. The van der Waals surface area contributed by atoms with Crippen LogP contribution in [-0.4, -0.2) is 48.4 Å². The summed E-state index contributed by atoms with van der Waals surface area (Å²) in [5, 5.41) is 0. The van der Waals surface area contributed by atoms with Gasteiger partial charge in [-0.05, 0) is 57.0 Å². The predicted octanol–water partition coefficient (Wildman–Crippen LogP) is 2.97. The van der Waals surface area contributed by atoms with Crippen LogP contribution in [-0.2, 0) is 14.3 Å². The lowest BCUT2D eigenvalue weighted by atomic mass is 10.1. The maximum absolute atomic E-state index is 12.8. The van der Waals surface area contributed by atoms with Gasteiger partial charge in [0.15, 0.2) is 6.10 Å². The van der Waals surface area contributed by atoms with Crippen molar-refractivity contribution in [2.45, 2.75) is 39.7 Å². The summed E-state index contributed by atoms with van der Waals surface area (Å²) in [7, 11) is 1.27. The normalized spacial score (nSPS) is 14.5. The molecule has 1 unspecified atom stereocenters. The zero-order valence-corrected chi connectivity index (χ0v) is 17.4. The van der Waals surface area contributed by atoms with E-state index in [0.717, 1.165) is 12.1 Å². The maximum atomic E-state index is 12.8.